The average molecular weight is 454 g/mol. The third-order valence-electron chi connectivity index (χ3n) is 5.87. The van der Waals surface area contributed by atoms with Crippen LogP contribution in [0.25, 0.3) is 0 Å². The number of nitrogens with zero attached hydrogens (tertiary/aromatic N) is 1. The summed E-state index contributed by atoms with van der Waals surface area (Å²) in [6.07, 6.45) is 0. The Balaban J connectivity index is 1.52. The van der Waals surface area contributed by atoms with E-state index in [-0.39, 0.29) is 30.2 Å². The fraction of sp³-hybridized carbons (Fsp3) is 0.440. The van der Waals surface area contributed by atoms with Gasteiger partial charge in [0.1, 0.15) is 5.75 Å². The van der Waals surface area contributed by atoms with Gasteiger partial charge in [0.2, 0.25) is 12.7 Å². The van der Waals surface area contributed by atoms with Gasteiger partial charge < -0.3 is 29.7 Å². The summed E-state index contributed by atoms with van der Waals surface area (Å²) in [6.45, 7) is 7.15. The lowest BCUT2D eigenvalue weighted by Crippen LogP contribution is -2.48. The second-order valence-corrected chi connectivity index (χ2v) is 9.45. The number of amides is 3. The molecule has 1 fully saturated rings. The molecule has 2 atom stereocenters. The smallest absolute Gasteiger partial charge is 0.317 e. The molecule has 8 heteroatoms. The maximum atomic E-state index is 13.3. The maximum Gasteiger partial charge on any atom is 0.317 e. The minimum Gasteiger partial charge on any atom is -0.496 e. The van der Waals surface area contributed by atoms with Crippen LogP contribution in [0.5, 0.6) is 17.2 Å². The Morgan fingerprint density at radius 2 is 1.85 bits per heavy atom. The van der Waals surface area contributed by atoms with Gasteiger partial charge in [-0.1, -0.05) is 24.3 Å². The molecule has 2 heterocycles. The molecule has 33 heavy (non-hydrogen) atoms. The van der Waals surface area contributed by atoms with Crippen LogP contribution in [0.15, 0.2) is 42.5 Å². The third kappa shape index (κ3) is 5.16. The summed E-state index contributed by atoms with van der Waals surface area (Å²) in [5.74, 6) is 1.42. The van der Waals surface area contributed by atoms with Crippen molar-refractivity contribution >= 4 is 11.9 Å². The second kappa shape index (κ2) is 9.21. The van der Waals surface area contributed by atoms with Crippen LogP contribution in [-0.2, 0) is 11.3 Å². The lowest BCUT2D eigenvalue weighted by Gasteiger charge is -2.25. The normalized spacial score (nSPS) is 19.3. The van der Waals surface area contributed by atoms with Gasteiger partial charge in [0, 0.05) is 31.1 Å². The van der Waals surface area contributed by atoms with E-state index < -0.39 is 5.92 Å². The zero-order chi connectivity index (χ0) is 23.6. The van der Waals surface area contributed by atoms with Crippen molar-refractivity contribution in [2.75, 3.05) is 27.0 Å². The van der Waals surface area contributed by atoms with Gasteiger partial charge in [-0.3, -0.25) is 4.79 Å². The van der Waals surface area contributed by atoms with E-state index in [0.717, 1.165) is 11.1 Å². The van der Waals surface area contributed by atoms with Gasteiger partial charge in [-0.05, 0) is 50.1 Å². The molecule has 2 aromatic rings. The van der Waals surface area contributed by atoms with Crippen LogP contribution in [0.3, 0.4) is 0 Å². The van der Waals surface area contributed by atoms with Crippen molar-refractivity contribution in [3.63, 3.8) is 0 Å². The molecule has 2 aliphatic heterocycles. The Kier molecular flexibility index (Phi) is 6.35. The van der Waals surface area contributed by atoms with Gasteiger partial charge >= 0.3 is 6.03 Å². The zero-order valence-electron chi connectivity index (χ0n) is 19.5. The molecule has 0 aliphatic carbocycles. The highest BCUT2D eigenvalue weighted by Crippen LogP contribution is 2.38. The van der Waals surface area contributed by atoms with Crippen LogP contribution in [0, 0.1) is 5.92 Å². The van der Waals surface area contributed by atoms with Gasteiger partial charge in [0.25, 0.3) is 0 Å². The standard InChI is InChI=1S/C25H31N3O5/c1-25(2,3)27-24(30)28-13-18(17-7-5-6-8-20(17)31-4)19(14-28)23(29)26-12-16-9-10-21-22(11-16)33-15-32-21/h5-11,18-19H,12-15H2,1-4H3,(H,26,29)(H,27,30). The molecule has 176 valence electrons. The Morgan fingerprint density at radius 1 is 1.09 bits per heavy atom. The molecule has 2 aliphatic rings. The molecule has 8 nitrogen and oxygen atoms in total. The second-order valence-electron chi connectivity index (χ2n) is 9.45. The van der Waals surface area contributed by atoms with E-state index in [0.29, 0.717) is 36.9 Å². The number of rotatable bonds is 5. The van der Waals surface area contributed by atoms with Crippen LogP contribution in [0.4, 0.5) is 4.79 Å². The van der Waals surface area contributed by atoms with Crippen molar-refractivity contribution in [3.05, 3.63) is 53.6 Å². The number of nitrogens with one attached hydrogen (secondary N) is 2. The number of methoxy groups -OCH3 is 1. The quantitative estimate of drug-likeness (QED) is 0.726. The first-order valence-electron chi connectivity index (χ1n) is 11.1. The van der Waals surface area contributed by atoms with Gasteiger partial charge in [0.05, 0.1) is 13.0 Å². The first kappa shape index (κ1) is 22.8. The van der Waals surface area contributed by atoms with E-state index in [1.165, 1.54) is 0 Å². The maximum absolute atomic E-state index is 13.3. The van der Waals surface area contributed by atoms with Crippen LogP contribution in [-0.4, -0.2) is 49.4 Å². The number of fused-ring (bicyclic) bond motifs is 1. The van der Waals surface area contributed by atoms with Crippen molar-refractivity contribution in [3.8, 4) is 17.2 Å². The molecule has 1 saturated heterocycles. The monoisotopic (exact) mass is 453 g/mol. The van der Waals surface area contributed by atoms with E-state index in [2.05, 4.69) is 10.6 Å². The molecule has 0 saturated carbocycles. The van der Waals surface area contributed by atoms with Gasteiger partial charge in [0.15, 0.2) is 11.5 Å². The molecule has 0 spiro atoms. The summed E-state index contributed by atoms with van der Waals surface area (Å²) in [5, 5.41) is 6.04. The molecule has 2 aromatic carbocycles. The van der Waals surface area contributed by atoms with Crippen LogP contribution < -0.4 is 24.8 Å². The average Bonchev–Trinajstić information content (AvgIpc) is 3.43. The number of carbonyl (C=O) groups is 2. The van der Waals surface area contributed by atoms with Crippen molar-refractivity contribution < 1.29 is 23.8 Å². The number of benzene rings is 2. The Morgan fingerprint density at radius 3 is 2.61 bits per heavy atom. The number of para-hydroxylation sites is 1. The Labute approximate surface area is 194 Å². The molecular formula is C25H31N3O5. The first-order valence-corrected chi connectivity index (χ1v) is 11.1. The summed E-state index contributed by atoms with van der Waals surface area (Å²) >= 11 is 0. The van der Waals surface area contributed by atoms with E-state index in [1.54, 1.807) is 12.0 Å². The first-order chi connectivity index (χ1) is 15.7. The number of hydrogen-bond acceptors (Lipinski definition) is 5. The van der Waals surface area contributed by atoms with Crippen molar-refractivity contribution in [2.24, 2.45) is 5.92 Å². The highest BCUT2D eigenvalue weighted by molar-refractivity contribution is 5.83. The summed E-state index contributed by atoms with van der Waals surface area (Å²) in [6, 6.07) is 13.1. The summed E-state index contributed by atoms with van der Waals surface area (Å²) in [7, 11) is 1.62. The predicted molar refractivity (Wildman–Crippen MR) is 123 cm³/mol. The molecule has 0 radical (unpaired) electrons. The highest BCUT2D eigenvalue weighted by Gasteiger charge is 2.42. The van der Waals surface area contributed by atoms with E-state index in [9.17, 15) is 9.59 Å². The number of likely N-dealkylation sites (tertiary alicyclic amines) is 1. The Bertz CT molecular complexity index is 1030. The molecule has 3 amide bonds. The van der Waals surface area contributed by atoms with Gasteiger partial charge in [-0.2, -0.15) is 0 Å². The lowest BCUT2D eigenvalue weighted by atomic mass is 9.87. The van der Waals surface area contributed by atoms with Crippen molar-refractivity contribution in [1.29, 1.82) is 0 Å². The highest BCUT2D eigenvalue weighted by atomic mass is 16.7. The fourth-order valence-electron chi connectivity index (χ4n) is 4.29. The minimum atomic E-state index is -0.402. The van der Waals surface area contributed by atoms with Gasteiger partial charge in [-0.25, -0.2) is 4.79 Å². The van der Waals surface area contributed by atoms with E-state index in [4.69, 9.17) is 14.2 Å². The number of urea groups is 1. The van der Waals surface area contributed by atoms with Crippen molar-refractivity contribution in [1.82, 2.24) is 15.5 Å². The molecule has 0 aromatic heterocycles. The third-order valence-corrected chi connectivity index (χ3v) is 5.87. The number of hydrogen-bond donors (Lipinski definition) is 2. The topological polar surface area (TPSA) is 89.1 Å². The van der Waals surface area contributed by atoms with Crippen LogP contribution >= 0.6 is 0 Å². The molecule has 0 bridgehead atoms. The van der Waals surface area contributed by atoms with Gasteiger partial charge in [-0.15, -0.1) is 0 Å². The number of carbonyl (C=O) groups excluding carboxylic acids is 2. The molecule has 4 rings (SSSR count). The van der Waals surface area contributed by atoms with E-state index in [1.807, 2.05) is 63.2 Å². The number of ether oxygens (including phenoxy) is 3. The SMILES string of the molecule is COc1ccccc1C1CN(C(=O)NC(C)(C)C)CC1C(=O)NCc1ccc2c(c1)OCO2. The molecule has 2 unspecified atom stereocenters. The Hall–Kier alpha value is -3.42. The largest absolute Gasteiger partial charge is 0.496 e. The molecule has 2 N–H and O–H groups in total. The fourth-order valence-corrected chi connectivity index (χ4v) is 4.29. The summed E-state index contributed by atoms with van der Waals surface area (Å²) in [4.78, 5) is 27.9. The summed E-state index contributed by atoms with van der Waals surface area (Å²) in [5.41, 5.74) is 1.48. The lowest BCUT2D eigenvalue weighted by molar-refractivity contribution is -0.125. The van der Waals surface area contributed by atoms with E-state index >= 15 is 0 Å². The van der Waals surface area contributed by atoms with Crippen LogP contribution in [0.2, 0.25) is 0 Å². The predicted octanol–water partition coefficient (Wildman–Crippen LogP) is 3.26. The minimum absolute atomic E-state index is 0.102. The zero-order valence-corrected chi connectivity index (χ0v) is 19.5. The van der Waals surface area contributed by atoms with Crippen LogP contribution in [0.1, 0.15) is 37.8 Å². The van der Waals surface area contributed by atoms with Crippen molar-refractivity contribution in [2.45, 2.75) is 38.8 Å². The summed E-state index contributed by atoms with van der Waals surface area (Å²) < 4.78 is 16.3. The molecular weight excluding hydrogens is 422 g/mol.